The number of benzene rings is 3. The van der Waals surface area contributed by atoms with Gasteiger partial charge in [-0.3, -0.25) is 4.98 Å². The van der Waals surface area contributed by atoms with E-state index < -0.39 is 0 Å². The Morgan fingerprint density at radius 3 is 2.61 bits per heavy atom. The van der Waals surface area contributed by atoms with Crippen LogP contribution < -0.4 is 0 Å². The number of imidazole rings is 1. The van der Waals surface area contributed by atoms with Crippen LogP contribution in [-0.4, -0.2) is 19.5 Å². The molecule has 3 aromatic carbocycles. The van der Waals surface area contributed by atoms with E-state index in [1.807, 2.05) is 49.5 Å². The van der Waals surface area contributed by atoms with E-state index >= 15 is 0 Å². The van der Waals surface area contributed by atoms with Crippen LogP contribution in [0.3, 0.4) is 0 Å². The fraction of sp³-hybridized carbons (Fsp3) is 0.184. The molecule has 0 aliphatic carbocycles. The van der Waals surface area contributed by atoms with Crippen LogP contribution in [0.2, 0.25) is 0 Å². The molecule has 0 fully saturated rings. The molecule has 1 aliphatic rings. The summed E-state index contributed by atoms with van der Waals surface area (Å²) >= 11 is 0. The van der Waals surface area contributed by atoms with Crippen LogP contribution in [0.5, 0.6) is 0 Å². The van der Waals surface area contributed by atoms with Gasteiger partial charge in [0.15, 0.2) is 0 Å². The molecule has 0 amide bonds. The summed E-state index contributed by atoms with van der Waals surface area (Å²) in [6.07, 6.45) is 7.21. The van der Waals surface area contributed by atoms with Gasteiger partial charge in [0, 0.05) is 43.9 Å². The first-order valence-electron chi connectivity index (χ1n) is 14.6. The number of fused-ring (bicyclic) bond motifs is 3. The Morgan fingerprint density at radius 2 is 1.80 bits per heavy atom. The van der Waals surface area contributed by atoms with Gasteiger partial charge in [0.2, 0.25) is 5.71 Å². The summed E-state index contributed by atoms with van der Waals surface area (Å²) in [5.74, 6) is 1.00. The van der Waals surface area contributed by atoms with Gasteiger partial charge in [-0.05, 0) is 54.3 Å². The number of pyridine rings is 2. The number of aromatic nitrogens is 4. The van der Waals surface area contributed by atoms with Crippen molar-refractivity contribution in [2.75, 3.05) is 0 Å². The minimum absolute atomic E-state index is 0. The van der Waals surface area contributed by atoms with E-state index in [0.717, 1.165) is 63.2 Å². The average Bonchev–Trinajstić information content (AvgIpc) is 3.57. The molecule has 8 rings (SSSR count). The van der Waals surface area contributed by atoms with Gasteiger partial charge in [-0.1, -0.05) is 67.6 Å². The first-order chi connectivity index (χ1) is 20.8. The Bertz CT molecular complexity index is 2130. The number of rotatable bonds is 3. The summed E-state index contributed by atoms with van der Waals surface area (Å²) in [7, 11) is 0. The van der Waals surface area contributed by atoms with Crippen LogP contribution in [0.25, 0.3) is 61.8 Å². The molecule has 4 aromatic heterocycles. The molecule has 0 unspecified atom stereocenters. The van der Waals surface area contributed by atoms with E-state index in [-0.39, 0.29) is 25.5 Å². The Hall–Kier alpha value is -4.38. The topological polar surface area (TPSA) is 56.7 Å². The zero-order valence-corrected chi connectivity index (χ0v) is 27.6. The van der Waals surface area contributed by atoms with Gasteiger partial charge in [-0.25, -0.2) is 4.98 Å². The van der Waals surface area contributed by atoms with Crippen molar-refractivity contribution < 1.29 is 24.5 Å². The van der Waals surface area contributed by atoms with Crippen molar-refractivity contribution in [3.8, 4) is 22.6 Å². The molecule has 0 saturated carbocycles. The Kier molecular flexibility index (Phi) is 8.06. The van der Waals surface area contributed by atoms with E-state index in [2.05, 4.69) is 102 Å². The van der Waals surface area contributed by atoms with E-state index in [9.17, 15) is 0 Å². The molecule has 0 N–H and O–H groups in total. The first kappa shape index (κ1) is 29.7. The Balaban J connectivity index is 0.000000160. The van der Waals surface area contributed by atoms with Gasteiger partial charge in [-0.15, -0.1) is 54.1 Å². The number of hydrogen-bond donors (Lipinski definition) is 0. The number of aryl methyl sites for hydroxylation is 1. The summed E-state index contributed by atoms with van der Waals surface area (Å²) in [6, 6.07) is 33.1. The van der Waals surface area contributed by atoms with Gasteiger partial charge in [0.05, 0.1) is 22.4 Å². The third-order valence-corrected chi connectivity index (χ3v) is 7.59. The van der Waals surface area contributed by atoms with Gasteiger partial charge in [-0.2, -0.15) is 0 Å². The second-order valence-corrected chi connectivity index (χ2v) is 12.2. The van der Waals surface area contributed by atoms with Crippen molar-refractivity contribution >= 4 is 39.2 Å². The van der Waals surface area contributed by atoms with Crippen molar-refractivity contribution in [2.24, 2.45) is 5.41 Å². The molecular formula is C38H32IrN4O-2. The zero-order valence-electron chi connectivity index (χ0n) is 25.2. The van der Waals surface area contributed by atoms with Crippen molar-refractivity contribution in [3.63, 3.8) is 0 Å². The molecule has 0 bridgehead atoms. The average molecular weight is 753 g/mol. The van der Waals surface area contributed by atoms with Crippen molar-refractivity contribution in [1.29, 1.82) is 0 Å². The summed E-state index contributed by atoms with van der Waals surface area (Å²) in [4.78, 5) is 13.8. The molecule has 7 aromatic rings. The van der Waals surface area contributed by atoms with Gasteiger partial charge >= 0.3 is 0 Å². The summed E-state index contributed by atoms with van der Waals surface area (Å²) in [6.45, 7) is 9.58. The van der Waals surface area contributed by atoms with E-state index in [0.29, 0.717) is 5.71 Å². The largest absolute Gasteiger partial charge is 0.486 e. The zero-order chi connectivity index (χ0) is 29.6. The van der Waals surface area contributed by atoms with Crippen molar-refractivity contribution in [1.82, 2.24) is 19.5 Å². The minimum atomic E-state index is 0. The Morgan fingerprint density at radius 1 is 0.909 bits per heavy atom. The molecule has 5 heterocycles. The standard InChI is InChI=1S/C22H21N2O.C16H11N2.Ir/c1-14-8-9-17-16-6-5-7-18(20(16)25-21(17)24-14)19-12-15(10-11-23-19)13-22(2,3)4;1-2-6-13(7-3-1)16-17-14-10-4-8-12-9-5-11-18(16)15(12)14;/h5-6,8-12H,13H2,1-4H3;1-6,8-10H,11H2;/q2*-1;. The molecule has 1 radical (unpaired) electrons. The van der Waals surface area contributed by atoms with Crippen LogP contribution in [0.1, 0.15) is 37.6 Å². The summed E-state index contributed by atoms with van der Waals surface area (Å²) in [5, 5.41) is 2.08. The second-order valence-electron chi connectivity index (χ2n) is 12.2. The monoisotopic (exact) mass is 753 g/mol. The SMILES string of the molecule is Cc1ccc2c(n1)oc1c(-c3cc(CC(C)(C)C)ccn3)[c-]ccc12.[Ir].[c-]1ccccc1-c1nc2cccc3c2n1CC=C3. The van der Waals surface area contributed by atoms with Gasteiger partial charge < -0.3 is 14.0 Å². The number of allylic oxidation sites excluding steroid dienone is 1. The van der Waals surface area contributed by atoms with Gasteiger partial charge in [0.25, 0.3) is 0 Å². The summed E-state index contributed by atoms with van der Waals surface area (Å²) < 4.78 is 8.34. The fourth-order valence-electron chi connectivity index (χ4n) is 5.79. The van der Waals surface area contributed by atoms with Crippen LogP contribution >= 0.6 is 0 Å². The van der Waals surface area contributed by atoms with Crippen molar-refractivity contribution in [3.05, 3.63) is 120 Å². The molecule has 44 heavy (non-hydrogen) atoms. The third-order valence-electron chi connectivity index (χ3n) is 7.59. The smallest absolute Gasteiger partial charge is 0.216 e. The van der Waals surface area contributed by atoms with Gasteiger partial charge in [0.1, 0.15) is 0 Å². The van der Waals surface area contributed by atoms with Crippen molar-refractivity contribution in [2.45, 2.75) is 40.7 Å². The maximum absolute atomic E-state index is 6.08. The maximum atomic E-state index is 6.08. The second kappa shape index (κ2) is 12.0. The number of para-hydroxylation sites is 1. The fourth-order valence-corrected chi connectivity index (χ4v) is 5.79. The summed E-state index contributed by atoms with van der Waals surface area (Å²) in [5.41, 5.74) is 10.3. The predicted octanol–water partition coefficient (Wildman–Crippen LogP) is 9.27. The molecule has 6 heteroatoms. The minimum Gasteiger partial charge on any atom is -0.486 e. The molecular weight excluding hydrogens is 721 g/mol. The predicted molar refractivity (Wildman–Crippen MR) is 175 cm³/mol. The molecule has 0 saturated heterocycles. The quantitative estimate of drug-likeness (QED) is 0.169. The molecule has 221 valence electrons. The van der Waals surface area contributed by atoms with Crippen LogP contribution in [0.15, 0.2) is 95.6 Å². The number of hydrogen-bond acceptors (Lipinski definition) is 4. The maximum Gasteiger partial charge on any atom is 0.216 e. The van der Waals surface area contributed by atoms with E-state index in [1.54, 1.807) is 0 Å². The van der Waals surface area contributed by atoms with Crippen LogP contribution in [0, 0.1) is 24.5 Å². The molecule has 0 spiro atoms. The van der Waals surface area contributed by atoms with E-state index in [4.69, 9.17) is 9.40 Å². The first-order valence-corrected chi connectivity index (χ1v) is 14.6. The molecule has 5 nitrogen and oxygen atoms in total. The normalized spacial score (nSPS) is 12.3. The van der Waals surface area contributed by atoms with Crippen LogP contribution in [-0.2, 0) is 33.1 Å². The van der Waals surface area contributed by atoms with Crippen LogP contribution in [0.4, 0.5) is 0 Å². The Labute approximate surface area is 271 Å². The third kappa shape index (κ3) is 5.76. The number of nitrogens with zero attached hydrogens (tertiary/aromatic N) is 4. The number of furan rings is 1. The molecule has 1 aliphatic heterocycles. The van der Waals surface area contributed by atoms with E-state index in [1.165, 1.54) is 16.6 Å². The molecule has 0 atom stereocenters.